The summed E-state index contributed by atoms with van der Waals surface area (Å²) in [5.41, 5.74) is 0. The molecule has 3 unspecified atom stereocenters. The minimum Gasteiger partial charge on any atom is -0.456 e. The molecule has 10 heteroatoms. The molecule has 9 nitrogen and oxygen atoms in total. The molecule has 0 aliphatic rings. The Kier molecular flexibility index (Phi) is 53.8. The van der Waals surface area contributed by atoms with E-state index in [4.69, 9.17) is 13.8 Å². The zero-order chi connectivity index (χ0) is 55.0. The summed E-state index contributed by atoms with van der Waals surface area (Å²) in [5.74, 6) is -0.504. The number of amides is 1. The molecule has 0 aliphatic carbocycles. The highest BCUT2D eigenvalue weighted by atomic mass is 31.2. The summed E-state index contributed by atoms with van der Waals surface area (Å²) in [4.78, 5) is 37.7. The van der Waals surface area contributed by atoms with Gasteiger partial charge in [0, 0.05) is 12.8 Å². The fraction of sp³-hybridized carbons (Fsp3) is 0.846. The summed E-state index contributed by atoms with van der Waals surface area (Å²) in [7, 11) is 1.50. The molecule has 0 saturated carbocycles. The van der Waals surface area contributed by atoms with E-state index in [9.17, 15) is 19.0 Å². The molecule has 0 bridgehead atoms. The smallest absolute Gasteiger partial charge is 0.456 e. The van der Waals surface area contributed by atoms with Crippen molar-refractivity contribution in [3.8, 4) is 0 Å². The predicted molar refractivity (Wildman–Crippen MR) is 323 cm³/mol. The van der Waals surface area contributed by atoms with Crippen LogP contribution in [0.1, 0.15) is 303 Å². The average molecular weight is 1080 g/mol. The van der Waals surface area contributed by atoms with Crippen LogP contribution in [0.5, 0.6) is 0 Å². The van der Waals surface area contributed by atoms with Gasteiger partial charge in [-0.3, -0.25) is 18.6 Å². The predicted octanol–water partition coefficient (Wildman–Crippen LogP) is 19.7. The monoisotopic (exact) mass is 1080 g/mol. The normalized spacial score (nSPS) is 14.0. The SMILES string of the molecule is CCCCC/C=C\C/C=C\CCCCCCCCCCCCCC(=O)OC(/C=C/CCCCCCCCCCC)C(COP(=O)(O)OCC[N+](C)(C)C)NC(=O)CCCCCCCCC/C=C/CCCCCCCC. The maximum absolute atomic E-state index is 13.5. The van der Waals surface area contributed by atoms with Crippen LogP contribution in [-0.4, -0.2) is 74.3 Å². The van der Waals surface area contributed by atoms with E-state index in [0.29, 0.717) is 17.4 Å². The molecule has 0 spiro atoms. The Balaban J connectivity index is 5.16. The van der Waals surface area contributed by atoms with Crippen molar-refractivity contribution in [2.24, 2.45) is 0 Å². The number of likely N-dealkylation sites (N-methyl/N-ethyl adjacent to an activating group) is 1. The standard InChI is InChI=1S/C65H123N2O7P/c1-7-10-13-16-19-22-25-27-29-31-32-33-34-36-38-40-43-46-49-52-55-58-65(69)74-63(56-53-50-47-44-41-24-21-18-15-12-9-3)62(61-73-75(70,71)72-60-59-67(4,5)6)66-64(68)57-54-51-48-45-42-39-37-35-30-28-26-23-20-17-14-11-8-2/h19,22,27-30,53,56,62-63H,7-18,20-21,23-26,31-52,54-55,57-61H2,1-6H3,(H-,66,68,70,71)/p+1/b22-19-,29-27-,30-28+,56-53+. The van der Waals surface area contributed by atoms with Crippen LogP contribution < -0.4 is 5.32 Å². The van der Waals surface area contributed by atoms with Crippen LogP contribution in [0.4, 0.5) is 0 Å². The van der Waals surface area contributed by atoms with Gasteiger partial charge in [0.2, 0.25) is 5.91 Å². The molecule has 75 heavy (non-hydrogen) atoms. The zero-order valence-electron chi connectivity index (χ0n) is 50.3. The summed E-state index contributed by atoms with van der Waals surface area (Å²) in [5, 5.41) is 3.06. The molecule has 1 amide bonds. The van der Waals surface area contributed by atoms with Crippen LogP contribution in [0.25, 0.3) is 0 Å². The number of carbonyl (C=O) groups excluding carboxylic acids is 2. The van der Waals surface area contributed by atoms with Crippen molar-refractivity contribution < 1.29 is 37.3 Å². The van der Waals surface area contributed by atoms with Crippen molar-refractivity contribution in [1.29, 1.82) is 0 Å². The van der Waals surface area contributed by atoms with Gasteiger partial charge < -0.3 is 19.4 Å². The topological polar surface area (TPSA) is 111 Å². The van der Waals surface area contributed by atoms with E-state index in [2.05, 4.69) is 62.5 Å². The van der Waals surface area contributed by atoms with Gasteiger partial charge in [-0.1, -0.05) is 250 Å². The number of ether oxygens (including phenoxy) is 1. The van der Waals surface area contributed by atoms with Crippen LogP contribution in [0.2, 0.25) is 0 Å². The molecule has 0 aromatic heterocycles. The average Bonchev–Trinajstić information content (AvgIpc) is 3.37. The second-order valence-electron chi connectivity index (χ2n) is 22.9. The van der Waals surface area contributed by atoms with Crippen molar-refractivity contribution in [3.63, 3.8) is 0 Å². The Labute approximate surface area is 465 Å². The number of allylic oxidation sites excluding steroid dienone is 7. The molecule has 0 aliphatic heterocycles. The lowest BCUT2D eigenvalue weighted by atomic mass is 10.0. The van der Waals surface area contributed by atoms with E-state index in [1.165, 1.54) is 193 Å². The molecule has 0 heterocycles. The number of carbonyl (C=O) groups is 2. The van der Waals surface area contributed by atoms with Crippen molar-refractivity contribution in [2.75, 3.05) is 40.9 Å². The Bertz CT molecular complexity index is 1420. The Morgan fingerprint density at radius 3 is 1.24 bits per heavy atom. The van der Waals surface area contributed by atoms with Gasteiger partial charge in [0.05, 0.1) is 33.8 Å². The number of quaternary nitrogens is 1. The van der Waals surface area contributed by atoms with Crippen LogP contribution in [0, 0.1) is 0 Å². The fourth-order valence-corrected chi connectivity index (χ4v) is 10.00. The third kappa shape index (κ3) is 56.5. The van der Waals surface area contributed by atoms with Crippen LogP contribution in [0.15, 0.2) is 48.6 Å². The number of nitrogens with zero attached hydrogens (tertiary/aromatic N) is 1. The molecule has 0 fully saturated rings. The number of phosphoric ester groups is 1. The molecular weight excluding hydrogens is 952 g/mol. The first-order valence-corrected chi connectivity index (χ1v) is 33.5. The lowest BCUT2D eigenvalue weighted by Gasteiger charge is -2.27. The number of nitrogens with one attached hydrogen (secondary N) is 1. The third-order valence-corrected chi connectivity index (χ3v) is 15.2. The Hall–Kier alpha value is -2.03. The summed E-state index contributed by atoms with van der Waals surface area (Å²) in [6.45, 7) is 7.00. The second kappa shape index (κ2) is 55.3. The van der Waals surface area contributed by atoms with E-state index in [0.717, 1.165) is 77.0 Å². The number of unbranched alkanes of at least 4 members (excludes halogenated alkanes) is 36. The summed E-state index contributed by atoms with van der Waals surface area (Å²) in [6, 6.07) is -0.850. The lowest BCUT2D eigenvalue weighted by molar-refractivity contribution is -0.870. The van der Waals surface area contributed by atoms with E-state index in [-0.39, 0.29) is 31.5 Å². The number of phosphoric acid groups is 1. The van der Waals surface area contributed by atoms with E-state index in [1.54, 1.807) is 0 Å². The number of rotatable bonds is 58. The maximum Gasteiger partial charge on any atom is 0.472 e. The Morgan fingerprint density at radius 1 is 0.467 bits per heavy atom. The first-order valence-electron chi connectivity index (χ1n) is 32.0. The summed E-state index contributed by atoms with van der Waals surface area (Å²) < 4.78 is 30.7. The molecule has 2 N–H and O–H groups in total. The minimum absolute atomic E-state index is 0.0396. The number of hydrogen-bond acceptors (Lipinski definition) is 6. The molecule has 0 aromatic carbocycles. The van der Waals surface area contributed by atoms with E-state index in [1.807, 2.05) is 33.3 Å². The molecule has 3 atom stereocenters. The highest BCUT2D eigenvalue weighted by Crippen LogP contribution is 2.43. The second-order valence-corrected chi connectivity index (χ2v) is 24.4. The van der Waals surface area contributed by atoms with Crippen molar-refractivity contribution in [1.82, 2.24) is 5.32 Å². The van der Waals surface area contributed by atoms with Gasteiger partial charge in [-0.2, -0.15) is 0 Å². The third-order valence-electron chi connectivity index (χ3n) is 14.2. The molecular formula is C65H124N2O7P+. The maximum atomic E-state index is 13.5. The summed E-state index contributed by atoms with van der Waals surface area (Å²) in [6.07, 6.45) is 68.2. The largest absolute Gasteiger partial charge is 0.472 e. The van der Waals surface area contributed by atoms with Crippen molar-refractivity contribution >= 4 is 19.7 Å². The molecule has 440 valence electrons. The van der Waals surface area contributed by atoms with Gasteiger partial charge in [-0.15, -0.1) is 0 Å². The lowest BCUT2D eigenvalue weighted by Crippen LogP contribution is -2.47. The van der Waals surface area contributed by atoms with Gasteiger partial charge in [-0.25, -0.2) is 4.57 Å². The first kappa shape index (κ1) is 73.0. The number of esters is 1. The van der Waals surface area contributed by atoms with E-state index < -0.39 is 20.0 Å². The van der Waals surface area contributed by atoms with Gasteiger partial charge >= 0.3 is 13.8 Å². The minimum atomic E-state index is -4.45. The molecule has 0 rings (SSSR count). The van der Waals surface area contributed by atoms with Crippen LogP contribution in [-0.2, 0) is 27.9 Å². The quantitative estimate of drug-likeness (QED) is 0.0205. The van der Waals surface area contributed by atoms with Crippen LogP contribution in [0.3, 0.4) is 0 Å². The highest BCUT2D eigenvalue weighted by Gasteiger charge is 2.30. The molecule has 0 aromatic rings. The van der Waals surface area contributed by atoms with Gasteiger partial charge in [0.15, 0.2) is 0 Å². The highest BCUT2D eigenvalue weighted by molar-refractivity contribution is 7.47. The first-order chi connectivity index (χ1) is 36.4. The van der Waals surface area contributed by atoms with Crippen molar-refractivity contribution in [2.45, 2.75) is 315 Å². The number of hydrogen-bond donors (Lipinski definition) is 2. The molecule has 0 radical (unpaired) electrons. The zero-order valence-corrected chi connectivity index (χ0v) is 51.2. The van der Waals surface area contributed by atoms with Crippen LogP contribution >= 0.6 is 7.82 Å². The summed E-state index contributed by atoms with van der Waals surface area (Å²) >= 11 is 0. The Morgan fingerprint density at radius 2 is 0.813 bits per heavy atom. The van der Waals surface area contributed by atoms with Crippen molar-refractivity contribution in [3.05, 3.63) is 48.6 Å². The van der Waals surface area contributed by atoms with Gasteiger partial charge in [-0.05, 0) is 89.5 Å². The van der Waals surface area contributed by atoms with Gasteiger partial charge in [0.1, 0.15) is 19.3 Å². The van der Waals surface area contributed by atoms with Gasteiger partial charge in [0.25, 0.3) is 0 Å². The van der Waals surface area contributed by atoms with E-state index >= 15 is 0 Å². The molecule has 0 saturated heterocycles. The fourth-order valence-electron chi connectivity index (χ4n) is 9.26.